The lowest BCUT2D eigenvalue weighted by molar-refractivity contribution is -0.130. The Hall–Kier alpha value is -0.370. The maximum Gasteiger partial charge on any atom is 0.136 e. The molecule has 0 heterocycles. The molecule has 0 aromatic heterocycles. The molecule has 17 heavy (non-hydrogen) atoms. The Morgan fingerprint density at radius 3 is 2.59 bits per heavy atom. The first-order chi connectivity index (χ1) is 7.97. The molecule has 2 unspecified atom stereocenters. The van der Waals surface area contributed by atoms with Gasteiger partial charge in [-0.05, 0) is 37.0 Å². The number of carbonyl (C=O) groups is 1. The molecule has 1 saturated carbocycles. The lowest BCUT2D eigenvalue weighted by Crippen LogP contribution is -2.35. The van der Waals surface area contributed by atoms with Crippen molar-refractivity contribution in [2.45, 2.75) is 59.3 Å². The molecule has 2 heteroatoms. The zero-order chi connectivity index (χ0) is 12.9. The van der Waals surface area contributed by atoms with E-state index in [0.717, 1.165) is 32.3 Å². The summed E-state index contributed by atoms with van der Waals surface area (Å²) in [6.45, 7) is 7.56. The molecule has 0 radical (unpaired) electrons. The minimum absolute atomic E-state index is 0.172. The van der Waals surface area contributed by atoms with Crippen molar-refractivity contribution in [3.8, 4) is 0 Å². The van der Waals surface area contributed by atoms with E-state index in [1.165, 1.54) is 12.8 Å². The summed E-state index contributed by atoms with van der Waals surface area (Å²) < 4.78 is 5.07. The number of ketones is 1. The van der Waals surface area contributed by atoms with Crippen LogP contribution in [0.5, 0.6) is 0 Å². The second-order valence-corrected chi connectivity index (χ2v) is 6.34. The SMILES string of the molecule is COCCCCC(C)(C)C1CCC(C)CC1=O. The van der Waals surface area contributed by atoms with Crippen LogP contribution in [0.1, 0.15) is 59.3 Å². The number of hydrogen-bond donors (Lipinski definition) is 0. The maximum absolute atomic E-state index is 12.1. The lowest BCUT2D eigenvalue weighted by Gasteiger charge is -2.37. The molecule has 1 rings (SSSR count). The first kappa shape index (κ1) is 14.7. The fraction of sp³-hybridized carbons (Fsp3) is 0.933. The van der Waals surface area contributed by atoms with E-state index in [1.807, 2.05) is 0 Å². The Kier molecular flexibility index (Phi) is 5.64. The Bertz CT molecular complexity index is 245. The molecule has 0 aromatic carbocycles. The third kappa shape index (κ3) is 4.42. The van der Waals surface area contributed by atoms with Gasteiger partial charge in [-0.25, -0.2) is 0 Å². The fourth-order valence-electron chi connectivity index (χ4n) is 3.03. The summed E-state index contributed by atoms with van der Waals surface area (Å²) in [5.41, 5.74) is 0.172. The highest BCUT2D eigenvalue weighted by Crippen LogP contribution is 2.41. The van der Waals surface area contributed by atoms with E-state index >= 15 is 0 Å². The van der Waals surface area contributed by atoms with E-state index < -0.39 is 0 Å². The zero-order valence-electron chi connectivity index (χ0n) is 11.9. The molecular weight excluding hydrogens is 212 g/mol. The van der Waals surface area contributed by atoms with Crippen LogP contribution in [-0.2, 0) is 9.53 Å². The van der Waals surface area contributed by atoms with Gasteiger partial charge in [-0.3, -0.25) is 4.79 Å². The van der Waals surface area contributed by atoms with Crippen LogP contribution in [0.15, 0.2) is 0 Å². The zero-order valence-corrected chi connectivity index (χ0v) is 11.9. The van der Waals surface area contributed by atoms with Gasteiger partial charge in [0.05, 0.1) is 0 Å². The van der Waals surface area contributed by atoms with Crippen molar-refractivity contribution in [3.05, 3.63) is 0 Å². The minimum atomic E-state index is 0.172. The second kappa shape index (κ2) is 6.53. The summed E-state index contributed by atoms with van der Waals surface area (Å²) in [6.07, 6.45) is 6.53. The van der Waals surface area contributed by atoms with Gasteiger partial charge in [-0.1, -0.05) is 27.2 Å². The highest BCUT2D eigenvalue weighted by molar-refractivity contribution is 5.82. The van der Waals surface area contributed by atoms with Crippen molar-refractivity contribution < 1.29 is 9.53 Å². The number of ether oxygens (including phenoxy) is 1. The fourth-order valence-corrected chi connectivity index (χ4v) is 3.03. The number of hydrogen-bond acceptors (Lipinski definition) is 2. The predicted octanol–water partition coefficient (Wildman–Crippen LogP) is 3.83. The van der Waals surface area contributed by atoms with Crippen molar-refractivity contribution in [1.82, 2.24) is 0 Å². The van der Waals surface area contributed by atoms with Gasteiger partial charge in [0.25, 0.3) is 0 Å². The van der Waals surface area contributed by atoms with Gasteiger partial charge in [0.2, 0.25) is 0 Å². The molecule has 0 bridgehead atoms. The Balaban J connectivity index is 2.42. The first-order valence-corrected chi connectivity index (χ1v) is 6.99. The summed E-state index contributed by atoms with van der Waals surface area (Å²) in [5.74, 6) is 1.39. The number of methoxy groups -OCH3 is 1. The molecule has 0 saturated heterocycles. The summed E-state index contributed by atoms with van der Waals surface area (Å²) in [4.78, 5) is 12.1. The van der Waals surface area contributed by atoms with E-state index in [9.17, 15) is 4.79 Å². The van der Waals surface area contributed by atoms with Crippen molar-refractivity contribution in [3.63, 3.8) is 0 Å². The van der Waals surface area contributed by atoms with E-state index in [-0.39, 0.29) is 5.41 Å². The van der Waals surface area contributed by atoms with Gasteiger partial charge in [0, 0.05) is 26.1 Å². The topological polar surface area (TPSA) is 26.3 Å². The van der Waals surface area contributed by atoms with E-state index in [1.54, 1.807) is 7.11 Å². The van der Waals surface area contributed by atoms with Crippen LogP contribution in [0.3, 0.4) is 0 Å². The van der Waals surface area contributed by atoms with E-state index in [2.05, 4.69) is 20.8 Å². The molecule has 0 aromatic rings. The molecule has 0 N–H and O–H groups in total. The summed E-state index contributed by atoms with van der Waals surface area (Å²) in [5, 5.41) is 0. The largest absolute Gasteiger partial charge is 0.385 e. The number of Topliss-reactive ketones (excluding diaryl/α,β-unsaturated/α-hetero) is 1. The molecule has 1 fully saturated rings. The number of carbonyl (C=O) groups excluding carboxylic acids is 1. The van der Waals surface area contributed by atoms with Gasteiger partial charge in [-0.2, -0.15) is 0 Å². The lowest BCUT2D eigenvalue weighted by atomic mass is 9.66. The van der Waals surface area contributed by atoms with Crippen LogP contribution in [-0.4, -0.2) is 19.5 Å². The molecule has 2 atom stereocenters. The van der Waals surface area contributed by atoms with Crippen molar-refractivity contribution in [2.24, 2.45) is 17.3 Å². The average molecular weight is 240 g/mol. The molecule has 1 aliphatic carbocycles. The molecule has 0 amide bonds. The summed E-state index contributed by atoms with van der Waals surface area (Å²) >= 11 is 0. The van der Waals surface area contributed by atoms with Gasteiger partial charge in [0.15, 0.2) is 0 Å². The Morgan fingerprint density at radius 2 is 2.00 bits per heavy atom. The van der Waals surface area contributed by atoms with Crippen molar-refractivity contribution in [1.29, 1.82) is 0 Å². The van der Waals surface area contributed by atoms with Crippen molar-refractivity contribution >= 4 is 5.78 Å². The molecule has 0 spiro atoms. The van der Waals surface area contributed by atoms with Crippen LogP contribution in [0.4, 0.5) is 0 Å². The summed E-state index contributed by atoms with van der Waals surface area (Å²) in [6, 6.07) is 0. The van der Waals surface area contributed by atoms with Crippen LogP contribution < -0.4 is 0 Å². The molecule has 1 aliphatic rings. The second-order valence-electron chi connectivity index (χ2n) is 6.34. The Morgan fingerprint density at radius 1 is 1.29 bits per heavy atom. The van der Waals surface area contributed by atoms with Crippen LogP contribution in [0.25, 0.3) is 0 Å². The maximum atomic E-state index is 12.1. The smallest absolute Gasteiger partial charge is 0.136 e. The van der Waals surface area contributed by atoms with Gasteiger partial charge < -0.3 is 4.74 Å². The monoisotopic (exact) mass is 240 g/mol. The highest BCUT2D eigenvalue weighted by atomic mass is 16.5. The van der Waals surface area contributed by atoms with E-state index in [4.69, 9.17) is 4.74 Å². The number of unbranched alkanes of at least 4 members (excludes halogenated alkanes) is 1. The standard InChI is InChI=1S/C15H28O2/c1-12-7-8-13(14(16)11-12)15(2,3)9-5-6-10-17-4/h12-13H,5-11H2,1-4H3. The van der Waals surface area contributed by atoms with Crippen LogP contribution >= 0.6 is 0 Å². The molecule has 2 nitrogen and oxygen atoms in total. The average Bonchev–Trinajstić information content (AvgIpc) is 2.24. The van der Waals surface area contributed by atoms with Crippen molar-refractivity contribution in [2.75, 3.05) is 13.7 Å². The first-order valence-electron chi connectivity index (χ1n) is 6.99. The number of rotatable bonds is 6. The molecule has 0 aliphatic heterocycles. The third-order valence-electron chi connectivity index (χ3n) is 4.25. The predicted molar refractivity (Wildman–Crippen MR) is 71.0 cm³/mol. The normalized spacial score (nSPS) is 26.2. The van der Waals surface area contributed by atoms with Gasteiger partial charge >= 0.3 is 0 Å². The highest BCUT2D eigenvalue weighted by Gasteiger charge is 2.37. The van der Waals surface area contributed by atoms with Crippen LogP contribution in [0, 0.1) is 17.3 Å². The van der Waals surface area contributed by atoms with Crippen LogP contribution in [0.2, 0.25) is 0 Å². The quantitative estimate of drug-likeness (QED) is 0.659. The minimum Gasteiger partial charge on any atom is -0.385 e. The third-order valence-corrected chi connectivity index (χ3v) is 4.25. The molecular formula is C15H28O2. The Labute approximate surface area is 106 Å². The molecule has 100 valence electrons. The van der Waals surface area contributed by atoms with E-state index in [0.29, 0.717) is 17.6 Å². The summed E-state index contributed by atoms with van der Waals surface area (Å²) in [7, 11) is 1.75. The van der Waals surface area contributed by atoms with Gasteiger partial charge in [0.1, 0.15) is 5.78 Å². The van der Waals surface area contributed by atoms with Gasteiger partial charge in [-0.15, -0.1) is 0 Å².